The van der Waals surface area contributed by atoms with Gasteiger partial charge in [0, 0.05) is 30.1 Å². The number of hydrogen-bond acceptors (Lipinski definition) is 5. The number of likely N-dealkylation sites (tertiary alicyclic amines) is 1. The van der Waals surface area contributed by atoms with E-state index in [1.165, 1.54) is 0 Å². The Hall–Kier alpha value is -3.88. The SMILES string of the molecule is C=CCN(Cc1ccccc1)C(=O)[C@@H]1[C@H]2C(=O)N([C@@H](CO)CC(C)C)C(C(=O)N(CC=C)c3ccc4ccccc4c3)C23CC[C@@]1(C)S3. The summed E-state index contributed by atoms with van der Waals surface area (Å²) in [7, 11) is 0. The standard InChI is InChI=1S/C40H47N3O4S/c1-6-21-41(25-28-13-9-8-10-14-28)36(45)33-34-37(46)43(32(26-44)23-27(3)4)35(40(34)20-19-39(33,5)48-40)38(47)42(22-7-2)31-18-17-29-15-11-12-16-30(29)24-31/h6-18,24,27,32-35,44H,1-2,19-23,25-26H2,3-5H3/t32-,33+,34+,35?,39-,40?/m1/s1. The van der Waals surface area contributed by atoms with Crippen LogP contribution >= 0.6 is 11.8 Å². The lowest BCUT2D eigenvalue weighted by atomic mass is 9.66. The van der Waals surface area contributed by atoms with Gasteiger partial charge in [0.05, 0.1) is 29.2 Å². The topological polar surface area (TPSA) is 81.2 Å². The summed E-state index contributed by atoms with van der Waals surface area (Å²) >= 11 is 1.66. The molecule has 8 heteroatoms. The monoisotopic (exact) mass is 665 g/mol. The molecular weight excluding hydrogens is 619 g/mol. The first-order valence-electron chi connectivity index (χ1n) is 17.1. The summed E-state index contributed by atoms with van der Waals surface area (Å²) < 4.78 is -1.33. The Morgan fingerprint density at radius 3 is 2.33 bits per heavy atom. The highest BCUT2D eigenvalue weighted by Gasteiger charge is 2.78. The van der Waals surface area contributed by atoms with E-state index in [0.29, 0.717) is 32.4 Å². The minimum Gasteiger partial charge on any atom is -0.394 e. The Balaban J connectivity index is 1.44. The Bertz CT molecular complexity index is 1710. The van der Waals surface area contributed by atoms with Gasteiger partial charge in [-0.2, -0.15) is 0 Å². The van der Waals surface area contributed by atoms with Crippen molar-refractivity contribution in [2.45, 2.75) is 68.2 Å². The zero-order valence-corrected chi connectivity index (χ0v) is 29.1. The maximum Gasteiger partial charge on any atom is 0.251 e. The molecule has 0 saturated carbocycles. The summed E-state index contributed by atoms with van der Waals surface area (Å²) in [6.07, 6.45) is 5.35. The van der Waals surface area contributed by atoms with Gasteiger partial charge in [-0.15, -0.1) is 24.9 Å². The average Bonchev–Trinajstić information content (AvgIpc) is 3.66. The predicted molar refractivity (Wildman–Crippen MR) is 194 cm³/mol. The number of thioether (sulfide) groups is 1. The van der Waals surface area contributed by atoms with E-state index in [0.717, 1.165) is 22.0 Å². The number of carbonyl (C=O) groups is 3. The van der Waals surface area contributed by atoms with Crippen LogP contribution in [0.2, 0.25) is 0 Å². The quantitative estimate of drug-likeness (QED) is 0.212. The van der Waals surface area contributed by atoms with Crippen LogP contribution in [-0.4, -0.2) is 73.9 Å². The van der Waals surface area contributed by atoms with Gasteiger partial charge in [0.2, 0.25) is 11.8 Å². The van der Waals surface area contributed by atoms with Crippen LogP contribution in [-0.2, 0) is 20.9 Å². The number of aliphatic hydroxyl groups excluding tert-OH is 1. The maximum absolute atomic E-state index is 15.2. The fourth-order valence-corrected chi connectivity index (χ4v) is 10.9. The molecule has 0 radical (unpaired) electrons. The van der Waals surface area contributed by atoms with E-state index in [1.54, 1.807) is 38.6 Å². The van der Waals surface area contributed by atoms with Gasteiger partial charge in [-0.05, 0) is 60.6 Å². The van der Waals surface area contributed by atoms with Gasteiger partial charge in [0.15, 0.2) is 0 Å². The first-order chi connectivity index (χ1) is 23.1. The van der Waals surface area contributed by atoms with Crippen LogP contribution in [0, 0.1) is 17.8 Å². The molecule has 3 aromatic carbocycles. The first kappa shape index (κ1) is 34.0. The summed E-state index contributed by atoms with van der Waals surface area (Å²) in [5, 5.41) is 12.9. The van der Waals surface area contributed by atoms with Crippen LogP contribution in [0.4, 0.5) is 5.69 Å². The van der Waals surface area contributed by atoms with Crippen LogP contribution in [0.25, 0.3) is 10.8 Å². The molecule has 1 spiro atoms. The fourth-order valence-electron chi connectivity index (χ4n) is 8.57. The van der Waals surface area contributed by atoms with Crippen LogP contribution < -0.4 is 4.90 Å². The van der Waals surface area contributed by atoms with Gasteiger partial charge in [0.25, 0.3) is 5.91 Å². The highest BCUT2D eigenvalue weighted by atomic mass is 32.2. The summed E-state index contributed by atoms with van der Waals surface area (Å²) in [4.78, 5) is 50.1. The van der Waals surface area contributed by atoms with Gasteiger partial charge in [0.1, 0.15) is 6.04 Å². The summed E-state index contributed by atoms with van der Waals surface area (Å²) in [6.45, 7) is 14.9. The third-order valence-corrected chi connectivity index (χ3v) is 12.5. The van der Waals surface area contributed by atoms with E-state index in [4.69, 9.17) is 0 Å². The number of benzene rings is 3. The number of fused-ring (bicyclic) bond motifs is 2. The molecule has 2 bridgehead atoms. The lowest BCUT2D eigenvalue weighted by Gasteiger charge is -2.40. The molecule has 3 fully saturated rings. The smallest absolute Gasteiger partial charge is 0.251 e. The highest BCUT2D eigenvalue weighted by molar-refractivity contribution is 8.02. The van der Waals surface area contributed by atoms with Gasteiger partial charge in [-0.3, -0.25) is 14.4 Å². The minimum atomic E-state index is -0.844. The zero-order chi connectivity index (χ0) is 34.2. The molecular formula is C40H47N3O4S. The molecule has 0 aromatic heterocycles. The Labute approximate surface area is 288 Å². The van der Waals surface area contributed by atoms with Gasteiger partial charge >= 0.3 is 0 Å². The molecule has 3 saturated heterocycles. The molecule has 3 heterocycles. The number of amides is 3. The third kappa shape index (κ3) is 5.77. The number of aliphatic hydroxyl groups is 1. The second-order valence-corrected chi connectivity index (χ2v) is 16.1. The Morgan fingerprint density at radius 1 is 0.979 bits per heavy atom. The number of nitrogens with zero attached hydrogens (tertiary/aromatic N) is 3. The van der Waals surface area contributed by atoms with Crippen molar-refractivity contribution in [1.29, 1.82) is 0 Å². The molecule has 7 nitrogen and oxygen atoms in total. The zero-order valence-electron chi connectivity index (χ0n) is 28.3. The van der Waals surface area contributed by atoms with Crippen molar-refractivity contribution >= 4 is 45.9 Å². The maximum atomic E-state index is 15.2. The summed E-state index contributed by atoms with van der Waals surface area (Å²) in [5.41, 5.74) is 1.73. The van der Waals surface area contributed by atoms with E-state index in [9.17, 15) is 14.7 Å². The molecule has 2 unspecified atom stereocenters. The van der Waals surface area contributed by atoms with Gasteiger partial charge < -0.3 is 19.8 Å². The van der Waals surface area contributed by atoms with Crippen molar-refractivity contribution in [1.82, 2.24) is 9.80 Å². The predicted octanol–water partition coefficient (Wildman–Crippen LogP) is 6.46. The molecule has 3 aliphatic heterocycles. The second-order valence-electron chi connectivity index (χ2n) is 14.2. The normalized spacial score (nSPS) is 26.5. The Kier molecular flexibility index (Phi) is 9.60. The van der Waals surface area contributed by atoms with E-state index in [2.05, 4.69) is 33.9 Å². The van der Waals surface area contributed by atoms with E-state index >= 15 is 4.79 Å². The van der Waals surface area contributed by atoms with Crippen molar-refractivity contribution in [3.8, 4) is 0 Å². The third-order valence-electron chi connectivity index (χ3n) is 10.6. The lowest BCUT2D eigenvalue weighted by Crippen LogP contribution is -2.58. The fraction of sp³-hybridized carbons (Fsp3) is 0.425. The van der Waals surface area contributed by atoms with E-state index < -0.39 is 33.4 Å². The number of hydrogen-bond donors (Lipinski definition) is 1. The number of anilines is 1. The molecule has 3 aliphatic rings. The highest BCUT2D eigenvalue weighted by Crippen LogP contribution is 2.72. The van der Waals surface area contributed by atoms with Crippen LogP contribution in [0.15, 0.2) is 98.1 Å². The van der Waals surface area contributed by atoms with Gasteiger partial charge in [-0.1, -0.05) is 86.7 Å². The molecule has 3 aromatic rings. The number of rotatable bonds is 13. The Morgan fingerprint density at radius 2 is 1.67 bits per heavy atom. The second kappa shape index (κ2) is 13.6. The lowest BCUT2D eigenvalue weighted by molar-refractivity contribution is -0.147. The van der Waals surface area contributed by atoms with E-state index in [1.807, 2.05) is 72.8 Å². The molecule has 0 aliphatic carbocycles. The van der Waals surface area contributed by atoms with Gasteiger partial charge in [-0.25, -0.2) is 0 Å². The number of carbonyl (C=O) groups excluding carboxylic acids is 3. The summed E-state index contributed by atoms with van der Waals surface area (Å²) in [5.74, 6) is -1.59. The molecule has 6 rings (SSSR count). The largest absolute Gasteiger partial charge is 0.394 e. The van der Waals surface area contributed by atoms with Crippen molar-refractivity contribution < 1.29 is 19.5 Å². The van der Waals surface area contributed by atoms with Crippen LogP contribution in [0.1, 0.15) is 45.6 Å². The van der Waals surface area contributed by atoms with E-state index in [-0.39, 0.29) is 36.8 Å². The van der Waals surface area contributed by atoms with Crippen molar-refractivity contribution in [2.75, 3.05) is 24.6 Å². The van der Waals surface area contributed by atoms with Crippen molar-refractivity contribution in [2.24, 2.45) is 17.8 Å². The molecule has 252 valence electrons. The minimum absolute atomic E-state index is 0.0800. The molecule has 48 heavy (non-hydrogen) atoms. The summed E-state index contributed by atoms with van der Waals surface area (Å²) in [6, 6.07) is 22.5. The first-order valence-corrected chi connectivity index (χ1v) is 17.9. The van der Waals surface area contributed by atoms with Crippen molar-refractivity contribution in [3.05, 3.63) is 104 Å². The van der Waals surface area contributed by atoms with Crippen molar-refractivity contribution in [3.63, 3.8) is 0 Å². The molecule has 3 amide bonds. The van der Waals surface area contributed by atoms with Crippen LogP contribution in [0.3, 0.4) is 0 Å². The molecule has 6 atom stereocenters. The average molecular weight is 666 g/mol. The molecule has 1 N–H and O–H groups in total. The van der Waals surface area contributed by atoms with Crippen LogP contribution in [0.5, 0.6) is 0 Å².